The lowest BCUT2D eigenvalue weighted by Crippen LogP contribution is -2.33. The maximum atomic E-state index is 12.9. The number of hydrogen-bond donors (Lipinski definition) is 1. The van der Waals surface area contributed by atoms with Crippen molar-refractivity contribution < 1.29 is 13.9 Å². The summed E-state index contributed by atoms with van der Waals surface area (Å²) < 4.78 is 18.2. The summed E-state index contributed by atoms with van der Waals surface area (Å²) in [6.07, 6.45) is 0.610. The molecule has 0 bridgehead atoms. The van der Waals surface area contributed by atoms with Gasteiger partial charge in [0.15, 0.2) is 0 Å². The third-order valence-electron chi connectivity index (χ3n) is 2.26. The van der Waals surface area contributed by atoms with Gasteiger partial charge in [-0.15, -0.1) is 0 Å². The van der Waals surface area contributed by atoms with Gasteiger partial charge in [0.1, 0.15) is 12.4 Å². The summed E-state index contributed by atoms with van der Waals surface area (Å²) in [5, 5.41) is 2.74. The monoisotopic (exact) mass is 253 g/mol. The number of nitrogens with one attached hydrogen (secondary N) is 1. The van der Waals surface area contributed by atoms with Crippen LogP contribution in [0.1, 0.15) is 26.3 Å². The normalized spacial score (nSPS) is 11.3. The Labute approximate surface area is 107 Å². The molecule has 3 nitrogen and oxygen atoms in total. The predicted molar refractivity (Wildman–Crippen MR) is 68.8 cm³/mol. The summed E-state index contributed by atoms with van der Waals surface area (Å²) in [7, 11) is 0. The molecule has 0 aliphatic heterocycles. The van der Waals surface area contributed by atoms with E-state index >= 15 is 0 Å². The molecule has 0 radical (unpaired) electrons. The number of ether oxygens (including phenoxy) is 1. The molecule has 0 atom stereocenters. The van der Waals surface area contributed by atoms with E-state index in [9.17, 15) is 9.18 Å². The zero-order valence-corrected chi connectivity index (χ0v) is 11.1. The van der Waals surface area contributed by atoms with Crippen molar-refractivity contribution in [1.29, 1.82) is 0 Å². The van der Waals surface area contributed by atoms with E-state index in [0.29, 0.717) is 13.0 Å². The van der Waals surface area contributed by atoms with Crippen LogP contribution in [0.15, 0.2) is 24.3 Å². The van der Waals surface area contributed by atoms with Crippen molar-refractivity contribution in [3.8, 4) is 0 Å². The van der Waals surface area contributed by atoms with Crippen LogP contribution >= 0.6 is 0 Å². The average Bonchev–Trinajstić information content (AvgIpc) is 2.25. The van der Waals surface area contributed by atoms with Crippen molar-refractivity contribution in [3.63, 3.8) is 0 Å². The first kappa shape index (κ1) is 14.6. The number of carbonyl (C=O) groups is 1. The minimum Gasteiger partial charge on any atom is -0.366 e. The number of amides is 1. The number of halogens is 1. The van der Waals surface area contributed by atoms with Crippen LogP contribution < -0.4 is 5.32 Å². The Morgan fingerprint density at radius 2 is 2.11 bits per heavy atom. The second-order valence-electron chi connectivity index (χ2n) is 5.13. The Bertz CT molecular complexity index is 399. The maximum absolute atomic E-state index is 12.9. The Kier molecular flexibility index (Phi) is 5.28. The summed E-state index contributed by atoms with van der Waals surface area (Å²) in [6, 6.07) is 6.37. The molecule has 1 N–H and O–H groups in total. The molecule has 0 aromatic heterocycles. The van der Waals surface area contributed by atoms with E-state index in [-0.39, 0.29) is 23.9 Å². The van der Waals surface area contributed by atoms with Crippen molar-refractivity contribution in [2.45, 2.75) is 32.8 Å². The molecule has 0 saturated carbocycles. The molecule has 1 aromatic rings. The summed E-state index contributed by atoms with van der Waals surface area (Å²) in [5.74, 6) is -0.406. The third-order valence-corrected chi connectivity index (χ3v) is 2.26. The van der Waals surface area contributed by atoms with E-state index in [1.165, 1.54) is 12.1 Å². The van der Waals surface area contributed by atoms with Crippen molar-refractivity contribution in [2.24, 2.45) is 0 Å². The molecule has 0 fully saturated rings. The lowest BCUT2D eigenvalue weighted by molar-refractivity contribution is -0.130. The standard InChI is InChI=1S/C14H20FNO2/c1-14(2,3)18-10-13(17)16-8-7-11-5-4-6-12(15)9-11/h4-6,9H,7-8,10H2,1-3H3,(H,16,17). The number of carbonyl (C=O) groups excluding carboxylic acids is 1. The third kappa shape index (κ3) is 6.35. The first-order chi connectivity index (χ1) is 8.37. The molecule has 0 spiro atoms. The number of hydrogen-bond acceptors (Lipinski definition) is 2. The maximum Gasteiger partial charge on any atom is 0.246 e. The van der Waals surface area contributed by atoms with Crippen LogP contribution in [0.2, 0.25) is 0 Å². The molecule has 0 aliphatic rings. The van der Waals surface area contributed by atoms with Crippen LogP contribution in [0.4, 0.5) is 4.39 Å². The zero-order chi connectivity index (χ0) is 13.6. The molecule has 18 heavy (non-hydrogen) atoms. The summed E-state index contributed by atoms with van der Waals surface area (Å²) in [5.41, 5.74) is 0.548. The Hall–Kier alpha value is -1.42. The fourth-order valence-corrected chi connectivity index (χ4v) is 1.37. The molecular formula is C14H20FNO2. The first-order valence-electron chi connectivity index (χ1n) is 6.02. The molecule has 1 amide bonds. The van der Waals surface area contributed by atoms with E-state index in [1.807, 2.05) is 26.8 Å². The Morgan fingerprint density at radius 3 is 2.72 bits per heavy atom. The van der Waals surface area contributed by atoms with Crippen molar-refractivity contribution in [3.05, 3.63) is 35.6 Å². The molecule has 1 rings (SSSR count). The van der Waals surface area contributed by atoms with E-state index in [0.717, 1.165) is 5.56 Å². The highest BCUT2D eigenvalue weighted by Gasteiger charge is 2.12. The highest BCUT2D eigenvalue weighted by Crippen LogP contribution is 2.06. The molecule has 100 valence electrons. The topological polar surface area (TPSA) is 38.3 Å². The molecule has 4 heteroatoms. The van der Waals surface area contributed by atoms with Crippen LogP contribution in [0.5, 0.6) is 0 Å². The zero-order valence-electron chi connectivity index (χ0n) is 11.1. The second-order valence-corrected chi connectivity index (χ2v) is 5.13. The fourth-order valence-electron chi connectivity index (χ4n) is 1.37. The van der Waals surface area contributed by atoms with E-state index in [2.05, 4.69) is 5.32 Å². The van der Waals surface area contributed by atoms with Crippen LogP contribution in [0.3, 0.4) is 0 Å². The van der Waals surface area contributed by atoms with Gasteiger partial charge >= 0.3 is 0 Å². The minimum absolute atomic E-state index is 0.0483. The first-order valence-corrected chi connectivity index (χ1v) is 6.02. The molecule has 0 saturated heterocycles. The SMILES string of the molecule is CC(C)(C)OCC(=O)NCCc1cccc(F)c1. The summed E-state index contributed by atoms with van der Waals surface area (Å²) >= 11 is 0. The van der Waals surface area contributed by atoms with Gasteiger partial charge in [-0.1, -0.05) is 12.1 Å². The van der Waals surface area contributed by atoms with E-state index < -0.39 is 0 Å². The summed E-state index contributed by atoms with van der Waals surface area (Å²) in [6.45, 7) is 6.22. The van der Waals surface area contributed by atoms with Gasteiger partial charge in [-0.05, 0) is 44.9 Å². The van der Waals surface area contributed by atoms with Gasteiger partial charge in [-0.25, -0.2) is 4.39 Å². The molecule has 0 aliphatic carbocycles. The van der Waals surface area contributed by atoms with Crippen LogP contribution in [0, 0.1) is 5.82 Å². The molecule has 1 aromatic carbocycles. The number of rotatable bonds is 5. The van der Waals surface area contributed by atoms with Gasteiger partial charge in [0.25, 0.3) is 0 Å². The smallest absolute Gasteiger partial charge is 0.246 e. The lowest BCUT2D eigenvalue weighted by Gasteiger charge is -2.18. The van der Waals surface area contributed by atoms with Gasteiger partial charge in [0.2, 0.25) is 5.91 Å². The Balaban J connectivity index is 2.23. The average molecular weight is 253 g/mol. The van der Waals surface area contributed by atoms with Gasteiger partial charge in [-0.2, -0.15) is 0 Å². The number of benzene rings is 1. The van der Waals surface area contributed by atoms with Crippen LogP contribution in [-0.4, -0.2) is 24.7 Å². The van der Waals surface area contributed by atoms with Crippen molar-refractivity contribution in [2.75, 3.05) is 13.2 Å². The molecule has 0 unspecified atom stereocenters. The van der Waals surface area contributed by atoms with E-state index in [4.69, 9.17) is 4.74 Å². The van der Waals surface area contributed by atoms with E-state index in [1.54, 1.807) is 6.07 Å². The predicted octanol–water partition coefficient (Wildman–Crippen LogP) is 2.30. The minimum atomic E-state index is -0.320. The largest absolute Gasteiger partial charge is 0.366 e. The van der Waals surface area contributed by atoms with Gasteiger partial charge < -0.3 is 10.1 Å². The second kappa shape index (κ2) is 6.50. The van der Waals surface area contributed by atoms with Crippen LogP contribution in [0.25, 0.3) is 0 Å². The highest BCUT2D eigenvalue weighted by atomic mass is 19.1. The lowest BCUT2D eigenvalue weighted by atomic mass is 10.1. The van der Waals surface area contributed by atoms with Gasteiger partial charge in [0.05, 0.1) is 5.60 Å². The quantitative estimate of drug-likeness (QED) is 0.874. The van der Waals surface area contributed by atoms with Crippen molar-refractivity contribution in [1.82, 2.24) is 5.32 Å². The summed E-state index contributed by atoms with van der Waals surface area (Å²) in [4.78, 5) is 11.4. The molecular weight excluding hydrogens is 233 g/mol. The van der Waals surface area contributed by atoms with Gasteiger partial charge in [0, 0.05) is 6.54 Å². The highest BCUT2D eigenvalue weighted by molar-refractivity contribution is 5.77. The Morgan fingerprint density at radius 1 is 1.39 bits per heavy atom. The molecule has 0 heterocycles. The van der Waals surface area contributed by atoms with Gasteiger partial charge in [-0.3, -0.25) is 4.79 Å². The van der Waals surface area contributed by atoms with Crippen molar-refractivity contribution >= 4 is 5.91 Å². The fraction of sp³-hybridized carbons (Fsp3) is 0.500. The van der Waals surface area contributed by atoms with Crippen LogP contribution in [-0.2, 0) is 16.0 Å².